The van der Waals surface area contributed by atoms with Crippen molar-refractivity contribution in [2.45, 2.75) is 0 Å². The highest BCUT2D eigenvalue weighted by Crippen LogP contribution is 2.29. The summed E-state index contributed by atoms with van der Waals surface area (Å²) in [4.78, 5) is 25.1. The van der Waals surface area contributed by atoms with Gasteiger partial charge >= 0.3 is 0 Å². The number of nitrogens with zero attached hydrogens (tertiary/aromatic N) is 3. The average Bonchev–Trinajstić information content (AvgIpc) is 2.71. The summed E-state index contributed by atoms with van der Waals surface area (Å²) in [5.41, 5.74) is 1.17. The Morgan fingerprint density at radius 1 is 1.14 bits per heavy atom. The molecule has 29 heavy (non-hydrogen) atoms. The molecular weight excluding hydrogens is 368 g/mol. The van der Waals surface area contributed by atoms with Gasteiger partial charge in [-0.3, -0.25) is 14.9 Å². The predicted molar refractivity (Wildman–Crippen MR) is 114 cm³/mol. The van der Waals surface area contributed by atoms with E-state index < -0.39 is 10.8 Å². The number of carbonyl (C=O) groups is 1. The fourth-order valence-corrected chi connectivity index (χ4v) is 2.99. The lowest BCUT2D eigenvalue weighted by Gasteiger charge is -2.13. The first-order chi connectivity index (χ1) is 13.9. The summed E-state index contributed by atoms with van der Waals surface area (Å²) in [5, 5.41) is 25.4. The summed E-state index contributed by atoms with van der Waals surface area (Å²) < 4.78 is 0. The second-order valence-electron chi connectivity index (χ2n) is 6.55. The Hall–Kier alpha value is -4.18. The molecule has 0 bridgehead atoms. The Balaban J connectivity index is 1.94. The lowest BCUT2D eigenvalue weighted by molar-refractivity contribution is -0.384. The number of amides is 1. The number of rotatable bonds is 5. The highest BCUT2D eigenvalue weighted by molar-refractivity contribution is 6.13. The van der Waals surface area contributed by atoms with Gasteiger partial charge in [0.2, 0.25) is 0 Å². The monoisotopic (exact) mass is 386 g/mol. The minimum Gasteiger partial charge on any atom is -0.372 e. The number of nitro benzene ring substituents is 1. The van der Waals surface area contributed by atoms with E-state index in [1.54, 1.807) is 37.2 Å². The maximum absolute atomic E-state index is 12.6. The summed E-state index contributed by atoms with van der Waals surface area (Å²) in [5.74, 6) is -0.580. The van der Waals surface area contributed by atoms with Crippen LogP contribution in [-0.4, -0.2) is 24.9 Å². The summed E-state index contributed by atoms with van der Waals surface area (Å²) in [6.45, 7) is 0. The minimum atomic E-state index is -0.580. The van der Waals surface area contributed by atoms with Gasteiger partial charge in [0.25, 0.3) is 11.6 Å². The zero-order chi connectivity index (χ0) is 21.0. The van der Waals surface area contributed by atoms with Crippen LogP contribution in [0.15, 0.2) is 66.2 Å². The fourth-order valence-electron chi connectivity index (χ4n) is 2.99. The van der Waals surface area contributed by atoms with E-state index in [9.17, 15) is 20.2 Å². The largest absolute Gasteiger partial charge is 0.372 e. The van der Waals surface area contributed by atoms with E-state index in [1.807, 2.05) is 42.5 Å². The summed E-state index contributed by atoms with van der Waals surface area (Å²) in [6.07, 6.45) is 1.34. The molecule has 7 nitrogen and oxygen atoms in total. The number of nitriles is 1. The van der Waals surface area contributed by atoms with Gasteiger partial charge in [0, 0.05) is 31.2 Å². The summed E-state index contributed by atoms with van der Waals surface area (Å²) in [7, 11) is 3.41. The lowest BCUT2D eigenvalue weighted by Crippen LogP contribution is -2.14. The summed E-state index contributed by atoms with van der Waals surface area (Å²) >= 11 is 0. The van der Waals surface area contributed by atoms with Gasteiger partial charge in [-0.25, -0.2) is 0 Å². The van der Waals surface area contributed by atoms with Crippen molar-refractivity contribution in [1.82, 2.24) is 0 Å². The van der Waals surface area contributed by atoms with Crippen LogP contribution in [0.3, 0.4) is 0 Å². The molecule has 0 heterocycles. The third-order valence-electron chi connectivity index (χ3n) is 4.39. The van der Waals surface area contributed by atoms with E-state index in [-0.39, 0.29) is 11.3 Å². The molecule has 0 atom stereocenters. The Morgan fingerprint density at radius 2 is 1.86 bits per heavy atom. The first kappa shape index (κ1) is 19.6. The van der Waals surface area contributed by atoms with Gasteiger partial charge in [0.05, 0.1) is 4.92 Å². The van der Waals surface area contributed by atoms with Gasteiger partial charge in [0.15, 0.2) is 0 Å². The molecule has 3 rings (SSSR count). The van der Waals surface area contributed by atoms with Crippen molar-refractivity contribution in [3.8, 4) is 6.07 Å². The number of carbonyl (C=O) groups excluding carboxylic acids is 1. The van der Waals surface area contributed by atoms with E-state index in [2.05, 4.69) is 5.32 Å². The molecule has 1 amide bonds. The molecule has 0 saturated heterocycles. The first-order valence-electron chi connectivity index (χ1n) is 8.77. The number of nitro groups is 1. The van der Waals surface area contributed by atoms with Gasteiger partial charge in [-0.2, -0.15) is 5.26 Å². The molecular formula is C22H18N4O3. The molecule has 0 fully saturated rings. The topological polar surface area (TPSA) is 99.3 Å². The van der Waals surface area contributed by atoms with Crippen LogP contribution >= 0.6 is 0 Å². The Morgan fingerprint density at radius 3 is 2.55 bits per heavy atom. The quantitative estimate of drug-likeness (QED) is 0.304. The SMILES string of the molecule is CN(C)c1ccc(/C=C(\C#N)C(=O)Nc2cccc3ccccc23)cc1[N+](=O)[O-]. The molecule has 0 aliphatic heterocycles. The van der Waals surface area contributed by atoms with Gasteiger partial charge in [0.1, 0.15) is 17.3 Å². The Bertz CT molecular complexity index is 1170. The first-order valence-corrected chi connectivity index (χ1v) is 8.77. The molecule has 3 aromatic carbocycles. The van der Waals surface area contributed by atoms with Crippen molar-refractivity contribution in [2.75, 3.05) is 24.3 Å². The van der Waals surface area contributed by atoms with Crippen LogP contribution < -0.4 is 10.2 Å². The van der Waals surface area contributed by atoms with Crippen molar-refractivity contribution < 1.29 is 9.72 Å². The molecule has 1 N–H and O–H groups in total. The molecule has 144 valence electrons. The van der Waals surface area contributed by atoms with Crippen molar-refractivity contribution >= 4 is 39.8 Å². The molecule has 7 heteroatoms. The normalized spacial score (nSPS) is 11.0. The zero-order valence-electron chi connectivity index (χ0n) is 15.9. The van der Waals surface area contributed by atoms with Gasteiger partial charge in [-0.05, 0) is 29.2 Å². The van der Waals surface area contributed by atoms with Crippen LogP contribution in [-0.2, 0) is 4.79 Å². The van der Waals surface area contributed by atoms with Crippen molar-refractivity contribution in [2.24, 2.45) is 0 Å². The maximum atomic E-state index is 12.6. The van der Waals surface area contributed by atoms with E-state index in [1.165, 1.54) is 12.1 Å². The van der Waals surface area contributed by atoms with Crippen molar-refractivity contribution in [3.63, 3.8) is 0 Å². The number of anilines is 2. The highest BCUT2D eigenvalue weighted by atomic mass is 16.6. The predicted octanol–water partition coefficient (Wildman–Crippen LogP) is 4.36. The fraction of sp³-hybridized carbons (Fsp3) is 0.0909. The Kier molecular flexibility index (Phi) is 5.56. The van der Waals surface area contributed by atoms with E-state index >= 15 is 0 Å². The third-order valence-corrected chi connectivity index (χ3v) is 4.39. The van der Waals surface area contributed by atoms with Gasteiger partial charge in [-0.1, -0.05) is 42.5 Å². The average molecular weight is 386 g/mol. The highest BCUT2D eigenvalue weighted by Gasteiger charge is 2.17. The van der Waals surface area contributed by atoms with E-state index in [0.717, 1.165) is 10.8 Å². The Labute approximate surface area is 167 Å². The van der Waals surface area contributed by atoms with Crippen LogP contribution in [0.2, 0.25) is 0 Å². The number of benzene rings is 3. The number of fused-ring (bicyclic) bond motifs is 1. The molecule has 0 aliphatic rings. The minimum absolute atomic E-state index is 0.101. The molecule has 0 aromatic heterocycles. The van der Waals surface area contributed by atoms with Crippen LogP contribution in [0.5, 0.6) is 0 Å². The molecule has 3 aromatic rings. The lowest BCUT2D eigenvalue weighted by atomic mass is 10.1. The van der Waals surface area contributed by atoms with Crippen LogP contribution in [0, 0.1) is 21.4 Å². The van der Waals surface area contributed by atoms with E-state index in [0.29, 0.717) is 16.9 Å². The second kappa shape index (κ2) is 8.23. The van der Waals surface area contributed by atoms with Crippen LogP contribution in [0.25, 0.3) is 16.8 Å². The molecule has 0 aliphatic carbocycles. The maximum Gasteiger partial charge on any atom is 0.293 e. The van der Waals surface area contributed by atoms with Crippen LogP contribution in [0.1, 0.15) is 5.56 Å². The number of nitrogens with one attached hydrogen (secondary N) is 1. The van der Waals surface area contributed by atoms with E-state index in [4.69, 9.17) is 0 Å². The van der Waals surface area contributed by atoms with Crippen molar-refractivity contribution in [3.05, 3.63) is 81.9 Å². The second-order valence-corrected chi connectivity index (χ2v) is 6.55. The van der Waals surface area contributed by atoms with Gasteiger partial charge < -0.3 is 10.2 Å². The molecule has 0 spiro atoms. The van der Waals surface area contributed by atoms with Crippen LogP contribution in [0.4, 0.5) is 17.1 Å². The summed E-state index contributed by atoms with van der Waals surface area (Å²) in [6, 6.07) is 19.5. The third kappa shape index (κ3) is 4.22. The molecule has 0 saturated carbocycles. The molecule has 0 radical (unpaired) electrons. The smallest absolute Gasteiger partial charge is 0.293 e. The standard InChI is InChI=1S/C22H18N4O3/c1-25(2)20-11-10-15(13-21(20)26(28)29)12-17(14-23)22(27)24-19-9-5-7-16-6-3-4-8-18(16)19/h3-13H,1-2H3,(H,24,27)/b17-12+. The number of hydrogen-bond acceptors (Lipinski definition) is 5. The molecule has 0 unspecified atom stereocenters. The zero-order valence-corrected chi connectivity index (χ0v) is 15.9. The van der Waals surface area contributed by atoms with Gasteiger partial charge in [-0.15, -0.1) is 0 Å². The van der Waals surface area contributed by atoms with Crippen molar-refractivity contribution in [1.29, 1.82) is 5.26 Å². The number of hydrogen-bond donors (Lipinski definition) is 1.